The average Bonchev–Trinajstić information content (AvgIpc) is 3.20. The standard InChI is InChI=1S/C24H19N3O4S/c1-15-3-6-17(7-4-15)27-20(19-12-18(28)8-10-21(19)29)14-32-24(27)26-25-13-16-5-9-22(30)23(11-16)31-2/h3-14,30H,1-2H3/b25-13+,26-24-. The van der Waals surface area contributed by atoms with Crippen LogP contribution in [-0.4, -0.2) is 34.6 Å². The molecule has 0 unspecified atom stereocenters. The maximum absolute atomic E-state index is 12.5. The number of ketones is 2. The number of rotatable bonds is 5. The van der Waals surface area contributed by atoms with E-state index >= 15 is 0 Å². The van der Waals surface area contributed by atoms with Gasteiger partial charge in [-0.3, -0.25) is 14.2 Å². The SMILES string of the molecule is COc1cc(/C=N/N=c2\scc(C3=CC(=O)C=CC3=O)n2-c2ccc(C)cc2)ccc1O. The zero-order valence-electron chi connectivity index (χ0n) is 17.4. The Bertz CT molecular complexity index is 1360. The molecule has 2 aromatic carbocycles. The number of aryl methyl sites for hydroxylation is 1. The molecule has 4 rings (SSSR count). The number of thiazole rings is 1. The van der Waals surface area contributed by atoms with Gasteiger partial charge in [0.15, 0.2) is 23.1 Å². The Hall–Kier alpha value is -4.04. The van der Waals surface area contributed by atoms with Gasteiger partial charge in [0.05, 0.1) is 24.6 Å². The number of benzene rings is 2. The van der Waals surface area contributed by atoms with Crippen molar-refractivity contribution >= 4 is 34.7 Å². The van der Waals surface area contributed by atoms with Crippen molar-refractivity contribution in [3.8, 4) is 17.2 Å². The van der Waals surface area contributed by atoms with Gasteiger partial charge in [-0.2, -0.15) is 5.10 Å². The second kappa shape index (κ2) is 8.99. The van der Waals surface area contributed by atoms with Gasteiger partial charge in [-0.15, -0.1) is 16.4 Å². The number of aromatic nitrogens is 1. The van der Waals surface area contributed by atoms with Crippen molar-refractivity contribution in [2.45, 2.75) is 6.92 Å². The highest BCUT2D eigenvalue weighted by molar-refractivity contribution is 7.07. The molecule has 0 spiro atoms. The number of phenols is 1. The van der Waals surface area contributed by atoms with Crippen molar-refractivity contribution in [1.82, 2.24) is 4.57 Å². The summed E-state index contributed by atoms with van der Waals surface area (Å²) < 4.78 is 6.91. The Labute approximate surface area is 188 Å². The van der Waals surface area contributed by atoms with E-state index in [9.17, 15) is 14.7 Å². The van der Waals surface area contributed by atoms with Crippen LogP contribution in [0, 0.1) is 6.92 Å². The van der Waals surface area contributed by atoms with Gasteiger partial charge in [-0.1, -0.05) is 17.7 Å². The van der Waals surface area contributed by atoms with Crippen LogP contribution in [0.25, 0.3) is 11.3 Å². The van der Waals surface area contributed by atoms with Gasteiger partial charge < -0.3 is 9.84 Å². The van der Waals surface area contributed by atoms with Gasteiger partial charge in [-0.25, -0.2) is 0 Å². The summed E-state index contributed by atoms with van der Waals surface area (Å²) in [5.74, 6) is -0.105. The Kier molecular flexibility index (Phi) is 5.96. The third kappa shape index (κ3) is 4.35. The van der Waals surface area contributed by atoms with Crippen molar-refractivity contribution in [2.24, 2.45) is 10.2 Å². The van der Waals surface area contributed by atoms with E-state index in [1.807, 2.05) is 31.2 Å². The van der Waals surface area contributed by atoms with E-state index in [0.717, 1.165) is 11.3 Å². The lowest BCUT2D eigenvalue weighted by molar-refractivity contribution is -0.113. The molecule has 0 saturated heterocycles. The molecule has 1 N–H and O–H groups in total. The molecule has 0 atom stereocenters. The molecule has 160 valence electrons. The van der Waals surface area contributed by atoms with Crippen LogP contribution in [0.1, 0.15) is 16.8 Å². The summed E-state index contributed by atoms with van der Waals surface area (Å²) in [6.07, 6.45) is 5.42. The van der Waals surface area contributed by atoms with Gasteiger partial charge in [0, 0.05) is 11.1 Å². The van der Waals surface area contributed by atoms with Crippen LogP contribution in [0.2, 0.25) is 0 Å². The molecular weight excluding hydrogens is 426 g/mol. The zero-order chi connectivity index (χ0) is 22.7. The van der Waals surface area contributed by atoms with Crippen molar-refractivity contribution in [1.29, 1.82) is 0 Å². The Morgan fingerprint density at radius 1 is 1.09 bits per heavy atom. The van der Waals surface area contributed by atoms with E-state index in [1.54, 1.807) is 22.1 Å². The lowest BCUT2D eigenvalue weighted by Crippen LogP contribution is -2.18. The van der Waals surface area contributed by atoms with E-state index in [0.29, 0.717) is 27.4 Å². The topological polar surface area (TPSA) is 93.3 Å². The Morgan fingerprint density at radius 3 is 2.62 bits per heavy atom. The molecule has 0 radical (unpaired) electrons. The van der Waals surface area contributed by atoms with Crippen LogP contribution in [0.5, 0.6) is 11.5 Å². The minimum atomic E-state index is -0.241. The quantitative estimate of drug-likeness (QED) is 0.369. The molecule has 1 heterocycles. The largest absolute Gasteiger partial charge is 0.504 e. The molecule has 1 aromatic heterocycles. The number of allylic oxidation sites excluding steroid dienone is 4. The van der Waals surface area contributed by atoms with Crippen molar-refractivity contribution in [3.05, 3.63) is 87.7 Å². The minimum absolute atomic E-state index is 0.0377. The molecule has 0 aliphatic heterocycles. The number of carbonyl (C=O) groups excluding carboxylic acids is 2. The lowest BCUT2D eigenvalue weighted by atomic mass is 10.0. The summed E-state index contributed by atoms with van der Waals surface area (Å²) in [6.45, 7) is 1.99. The summed E-state index contributed by atoms with van der Waals surface area (Å²) in [4.78, 5) is 24.9. The molecule has 8 heteroatoms. The van der Waals surface area contributed by atoms with Crippen LogP contribution in [0.15, 0.2) is 76.3 Å². The van der Waals surface area contributed by atoms with E-state index in [1.165, 1.54) is 49.0 Å². The highest BCUT2D eigenvalue weighted by atomic mass is 32.1. The van der Waals surface area contributed by atoms with Crippen LogP contribution < -0.4 is 9.54 Å². The molecule has 0 bridgehead atoms. The smallest absolute Gasteiger partial charge is 0.215 e. The summed E-state index contributed by atoms with van der Waals surface area (Å²) in [5, 5.41) is 20.0. The Morgan fingerprint density at radius 2 is 1.88 bits per heavy atom. The predicted molar refractivity (Wildman–Crippen MR) is 123 cm³/mol. The molecule has 1 aliphatic rings. The number of methoxy groups -OCH3 is 1. The first-order valence-corrected chi connectivity index (χ1v) is 10.5. The third-order valence-corrected chi connectivity index (χ3v) is 5.60. The first-order chi connectivity index (χ1) is 15.5. The summed E-state index contributed by atoms with van der Waals surface area (Å²) >= 11 is 1.31. The third-order valence-electron chi connectivity index (χ3n) is 4.78. The van der Waals surface area contributed by atoms with Crippen LogP contribution in [0.3, 0.4) is 0 Å². The molecule has 0 amide bonds. The van der Waals surface area contributed by atoms with Gasteiger partial charge in [0.2, 0.25) is 4.80 Å². The highest BCUT2D eigenvalue weighted by Gasteiger charge is 2.20. The predicted octanol–water partition coefficient (Wildman–Crippen LogP) is 3.59. The summed E-state index contributed by atoms with van der Waals surface area (Å²) in [7, 11) is 1.47. The van der Waals surface area contributed by atoms with E-state index in [2.05, 4.69) is 10.2 Å². The maximum atomic E-state index is 12.5. The van der Waals surface area contributed by atoms with Gasteiger partial charge >= 0.3 is 0 Å². The molecule has 0 fully saturated rings. The van der Waals surface area contributed by atoms with Crippen LogP contribution in [0.4, 0.5) is 0 Å². The fourth-order valence-corrected chi connectivity index (χ4v) is 3.99. The number of ether oxygens (including phenoxy) is 1. The van der Waals surface area contributed by atoms with E-state index < -0.39 is 0 Å². The average molecular weight is 446 g/mol. The molecule has 7 nitrogen and oxygen atoms in total. The van der Waals surface area contributed by atoms with Crippen molar-refractivity contribution < 1.29 is 19.4 Å². The minimum Gasteiger partial charge on any atom is -0.504 e. The molecule has 1 aliphatic carbocycles. The molecular formula is C24H19N3O4S. The van der Waals surface area contributed by atoms with E-state index in [4.69, 9.17) is 4.74 Å². The van der Waals surface area contributed by atoms with Crippen LogP contribution >= 0.6 is 11.3 Å². The number of aromatic hydroxyl groups is 1. The number of hydrogen-bond donors (Lipinski definition) is 1. The van der Waals surface area contributed by atoms with Crippen LogP contribution in [-0.2, 0) is 9.59 Å². The number of hydrogen-bond acceptors (Lipinski definition) is 7. The second-order valence-corrected chi connectivity index (χ2v) is 7.84. The molecule has 32 heavy (non-hydrogen) atoms. The normalized spacial score (nSPS) is 14.3. The number of phenolic OH excluding ortho intramolecular Hbond substituents is 1. The van der Waals surface area contributed by atoms with E-state index in [-0.39, 0.29) is 17.3 Å². The van der Waals surface area contributed by atoms with Crippen molar-refractivity contribution in [2.75, 3.05) is 7.11 Å². The number of carbonyl (C=O) groups is 2. The zero-order valence-corrected chi connectivity index (χ0v) is 18.2. The molecule has 3 aromatic rings. The highest BCUT2D eigenvalue weighted by Crippen LogP contribution is 2.26. The monoisotopic (exact) mass is 445 g/mol. The van der Waals surface area contributed by atoms with Gasteiger partial charge in [-0.05, 0) is 61.0 Å². The van der Waals surface area contributed by atoms with Gasteiger partial charge in [0.1, 0.15) is 0 Å². The maximum Gasteiger partial charge on any atom is 0.215 e. The first-order valence-electron chi connectivity index (χ1n) is 9.66. The number of nitrogens with zero attached hydrogens (tertiary/aromatic N) is 3. The fourth-order valence-electron chi connectivity index (χ4n) is 3.14. The Balaban J connectivity index is 1.80. The van der Waals surface area contributed by atoms with Crippen molar-refractivity contribution in [3.63, 3.8) is 0 Å². The summed E-state index contributed by atoms with van der Waals surface area (Å²) in [6, 6.07) is 12.6. The second-order valence-electron chi connectivity index (χ2n) is 7.01. The fraction of sp³-hybridized carbons (Fsp3) is 0.0833. The molecule has 0 saturated carbocycles. The lowest BCUT2D eigenvalue weighted by Gasteiger charge is -2.12. The summed E-state index contributed by atoms with van der Waals surface area (Å²) in [5.41, 5.74) is 3.46. The first kappa shape index (κ1) is 21.2. The van der Waals surface area contributed by atoms with Gasteiger partial charge in [0.25, 0.3) is 0 Å².